The van der Waals surface area contributed by atoms with Crippen LogP contribution in [0, 0.1) is 0 Å². The molecule has 2 atom stereocenters. The Morgan fingerprint density at radius 1 is 1.22 bits per heavy atom. The predicted octanol–water partition coefficient (Wildman–Crippen LogP) is 4.22. The van der Waals surface area contributed by atoms with Crippen molar-refractivity contribution in [1.82, 2.24) is 4.90 Å². The van der Waals surface area contributed by atoms with Crippen LogP contribution in [0.4, 0.5) is 0 Å². The van der Waals surface area contributed by atoms with E-state index in [1.54, 1.807) is 7.11 Å². The van der Waals surface area contributed by atoms with E-state index in [4.69, 9.17) is 16.3 Å². The van der Waals surface area contributed by atoms with Gasteiger partial charge in [0.2, 0.25) is 0 Å². The number of halogens is 1. The number of β-amino-alcohol motifs (C(OH)–C–C–N with tert-alkyl or cyclic N) is 1. The molecular formula is C19H22ClNO2. The van der Waals surface area contributed by atoms with E-state index in [-0.39, 0.29) is 0 Å². The van der Waals surface area contributed by atoms with E-state index in [0.29, 0.717) is 17.6 Å². The lowest BCUT2D eigenvalue weighted by atomic mass is 10.0. The van der Waals surface area contributed by atoms with Gasteiger partial charge in [0, 0.05) is 23.2 Å². The van der Waals surface area contributed by atoms with E-state index >= 15 is 0 Å². The molecule has 3 rings (SSSR count). The van der Waals surface area contributed by atoms with Crippen molar-refractivity contribution in [3.63, 3.8) is 0 Å². The Balaban J connectivity index is 1.72. The summed E-state index contributed by atoms with van der Waals surface area (Å²) in [6, 6.07) is 16.1. The third kappa shape index (κ3) is 3.69. The molecule has 122 valence electrons. The highest BCUT2D eigenvalue weighted by molar-refractivity contribution is 6.31. The average Bonchev–Trinajstić information content (AvgIpc) is 3.03. The molecule has 4 heteroatoms. The first-order valence-electron chi connectivity index (χ1n) is 7.99. The summed E-state index contributed by atoms with van der Waals surface area (Å²) in [5, 5.41) is 11.2. The largest absolute Gasteiger partial charge is 0.497 e. The van der Waals surface area contributed by atoms with Crippen molar-refractivity contribution in [1.29, 1.82) is 0 Å². The van der Waals surface area contributed by atoms with Crippen molar-refractivity contribution < 1.29 is 9.84 Å². The molecular weight excluding hydrogens is 310 g/mol. The van der Waals surface area contributed by atoms with Crippen LogP contribution in [0.3, 0.4) is 0 Å². The summed E-state index contributed by atoms with van der Waals surface area (Å²) < 4.78 is 5.23. The van der Waals surface area contributed by atoms with Gasteiger partial charge in [-0.3, -0.25) is 4.90 Å². The number of ether oxygens (including phenoxy) is 1. The fourth-order valence-electron chi connectivity index (χ4n) is 3.31. The molecule has 2 aromatic rings. The molecule has 1 heterocycles. The second-order valence-electron chi connectivity index (χ2n) is 5.96. The van der Waals surface area contributed by atoms with Crippen LogP contribution in [0.1, 0.15) is 36.1 Å². The molecule has 0 saturated carbocycles. The van der Waals surface area contributed by atoms with Gasteiger partial charge in [-0.2, -0.15) is 0 Å². The Morgan fingerprint density at radius 2 is 1.96 bits per heavy atom. The summed E-state index contributed by atoms with van der Waals surface area (Å²) in [5.41, 5.74) is 2.07. The molecule has 0 aromatic heterocycles. The minimum absolute atomic E-state index is 0.345. The third-order valence-electron chi connectivity index (χ3n) is 4.54. The first-order chi connectivity index (χ1) is 11.2. The number of rotatable bonds is 5. The van der Waals surface area contributed by atoms with Crippen LogP contribution in [-0.2, 0) is 0 Å². The number of hydrogen-bond donors (Lipinski definition) is 1. The fraction of sp³-hybridized carbons (Fsp3) is 0.368. The molecule has 1 saturated heterocycles. The second-order valence-corrected chi connectivity index (χ2v) is 6.37. The SMILES string of the molecule is COc1ccc([C@@H]2CCCN2C[C@@H](O)c2ccccc2Cl)cc1. The van der Waals surface area contributed by atoms with Gasteiger partial charge in [-0.15, -0.1) is 0 Å². The minimum Gasteiger partial charge on any atom is -0.497 e. The Morgan fingerprint density at radius 3 is 2.65 bits per heavy atom. The van der Waals surface area contributed by atoms with Crippen LogP contribution in [0.5, 0.6) is 5.75 Å². The molecule has 0 bridgehead atoms. The number of likely N-dealkylation sites (tertiary alicyclic amines) is 1. The standard InChI is InChI=1S/C19H22ClNO2/c1-23-15-10-8-14(9-11-15)18-7-4-12-21(18)13-19(22)16-5-2-3-6-17(16)20/h2-3,5-6,8-11,18-19,22H,4,7,12-13H2,1H3/t18-,19+/m0/s1. The first-order valence-corrected chi connectivity index (χ1v) is 8.37. The highest BCUT2D eigenvalue weighted by atomic mass is 35.5. The van der Waals surface area contributed by atoms with Crippen LogP contribution in [0.15, 0.2) is 48.5 Å². The average molecular weight is 332 g/mol. The number of hydrogen-bond acceptors (Lipinski definition) is 3. The number of nitrogens with zero attached hydrogens (tertiary/aromatic N) is 1. The van der Waals surface area contributed by atoms with Crippen molar-refractivity contribution >= 4 is 11.6 Å². The molecule has 0 aliphatic carbocycles. The lowest BCUT2D eigenvalue weighted by molar-refractivity contribution is 0.106. The van der Waals surface area contributed by atoms with Crippen molar-refractivity contribution in [2.75, 3.05) is 20.2 Å². The molecule has 0 unspecified atom stereocenters. The van der Waals surface area contributed by atoms with Gasteiger partial charge >= 0.3 is 0 Å². The molecule has 23 heavy (non-hydrogen) atoms. The van der Waals surface area contributed by atoms with Crippen molar-refractivity contribution in [3.8, 4) is 5.75 Å². The lowest BCUT2D eigenvalue weighted by Crippen LogP contribution is -2.28. The number of aliphatic hydroxyl groups excluding tert-OH is 1. The van der Waals surface area contributed by atoms with Crippen molar-refractivity contribution in [2.45, 2.75) is 25.0 Å². The highest BCUT2D eigenvalue weighted by Gasteiger charge is 2.28. The summed E-state index contributed by atoms with van der Waals surface area (Å²) in [5.74, 6) is 0.870. The molecule has 3 nitrogen and oxygen atoms in total. The fourth-order valence-corrected chi connectivity index (χ4v) is 3.58. The Kier molecular flexibility index (Phi) is 5.21. The van der Waals surface area contributed by atoms with Gasteiger partial charge in [-0.25, -0.2) is 0 Å². The number of aliphatic hydroxyl groups is 1. The predicted molar refractivity (Wildman–Crippen MR) is 93.0 cm³/mol. The van der Waals surface area contributed by atoms with E-state index in [0.717, 1.165) is 30.7 Å². The Hall–Kier alpha value is -1.55. The maximum absolute atomic E-state index is 10.6. The number of benzene rings is 2. The molecule has 0 spiro atoms. The van der Waals surface area contributed by atoms with Gasteiger partial charge in [-0.05, 0) is 43.1 Å². The van der Waals surface area contributed by atoms with Gasteiger partial charge in [0.1, 0.15) is 5.75 Å². The van der Waals surface area contributed by atoms with Crippen molar-refractivity contribution in [3.05, 3.63) is 64.7 Å². The zero-order valence-electron chi connectivity index (χ0n) is 13.3. The smallest absolute Gasteiger partial charge is 0.118 e. The molecule has 1 fully saturated rings. The van der Waals surface area contributed by atoms with Gasteiger partial charge in [0.05, 0.1) is 13.2 Å². The number of methoxy groups -OCH3 is 1. The summed E-state index contributed by atoms with van der Waals surface area (Å²) in [6.45, 7) is 1.60. The van der Waals surface area contributed by atoms with Crippen molar-refractivity contribution in [2.24, 2.45) is 0 Å². The van der Waals surface area contributed by atoms with E-state index in [1.807, 2.05) is 36.4 Å². The molecule has 0 radical (unpaired) electrons. The van der Waals surface area contributed by atoms with Crippen LogP contribution in [-0.4, -0.2) is 30.2 Å². The minimum atomic E-state index is -0.567. The summed E-state index contributed by atoms with van der Waals surface area (Å²) in [7, 11) is 1.68. The Labute approximate surface area is 142 Å². The van der Waals surface area contributed by atoms with E-state index in [1.165, 1.54) is 5.56 Å². The van der Waals surface area contributed by atoms with Crippen LogP contribution < -0.4 is 4.74 Å². The van der Waals surface area contributed by atoms with E-state index in [9.17, 15) is 5.11 Å². The molecule has 2 aromatic carbocycles. The quantitative estimate of drug-likeness (QED) is 0.890. The van der Waals surface area contributed by atoms with Gasteiger partial charge in [0.15, 0.2) is 0 Å². The van der Waals surface area contributed by atoms with Gasteiger partial charge in [0.25, 0.3) is 0 Å². The third-order valence-corrected chi connectivity index (χ3v) is 4.88. The maximum Gasteiger partial charge on any atom is 0.118 e. The van der Waals surface area contributed by atoms with Crippen LogP contribution in [0.2, 0.25) is 5.02 Å². The zero-order chi connectivity index (χ0) is 16.2. The van der Waals surface area contributed by atoms with Gasteiger partial charge in [-0.1, -0.05) is 41.9 Å². The maximum atomic E-state index is 10.6. The Bertz CT molecular complexity index is 644. The van der Waals surface area contributed by atoms with E-state index in [2.05, 4.69) is 17.0 Å². The summed E-state index contributed by atoms with van der Waals surface area (Å²) in [6.07, 6.45) is 1.69. The molecule has 0 amide bonds. The normalized spacial score (nSPS) is 19.7. The zero-order valence-corrected chi connectivity index (χ0v) is 14.0. The van der Waals surface area contributed by atoms with E-state index < -0.39 is 6.10 Å². The summed E-state index contributed by atoms with van der Waals surface area (Å²) in [4.78, 5) is 2.34. The molecule has 1 aliphatic rings. The van der Waals surface area contributed by atoms with Gasteiger partial charge < -0.3 is 9.84 Å². The molecule has 1 N–H and O–H groups in total. The topological polar surface area (TPSA) is 32.7 Å². The monoisotopic (exact) mass is 331 g/mol. The molecule has 1 aliphatic heterocycles. The summed E-state index contributed by atoms with van der Waals surface area (Å²) >= 11 is 6.20. The lowest BCUT2D eigenvalue weighted by Gasteiger charge is -2.27. The first kappa shape index (κ1) is 16.3. The van der Waals surface area contributed by atoms with Crippen LogP contribution >= 0.6 is 11.6 Å². The van der Waals surface area contributed by atoms with Crippen LogP contribution in [0.25, 0.3) is 0 Å². The highest BCUT2D eigenvalue weighted by Crippen LogP contribution is 2.34. The second kappa shape index (κ2) is 7.35.